The second-order valence-corrected chi connectivity index (χ2v) is 6.38. The van der Waals surface area contributed by atoms with Crippen molar-refractivity contribution in [1.29, 1.82) is 0 Å². The first kappa shape index (κ1) is 20.5. The molecule has 24 heavy (non-hydrogen) atoms. The van der Waals surface area contributed by atoms with Crippen molar-refractivity contribution in [3.8, 4) is 0 Å². The van der Waals surface area contributed by atoms with Crippen LogP contribution in [0.5, 0.6) is 0 Å². The molecule has 0 aromatic heterocycles. The van der Waals surface area contributed by atoms with Crippen LogP contribution in [0.2, 0.25) is 0 Å². The smallest absolute Gasteiger partial charge is 0.434 e. The first-order chi connectivity index (χ1) is 11.8. The number of hydrogen-bond donors (Lipinski definition) is 0. The molecule has 136 valence electrons. The first-order valence-electron chi connectivity index (χ1n) is 9.66. The van der Waals surface area contributed by atoms with Gasteiger partial charge in [-0.05, 0) is 24.8 Å². The molecular formula is C21H34O3. The predicted molar refractivity (Wildman–Crippen MR) is 99.1 cm³/mol. The molecule has 1 unspecified atom stereocenters. The summed E-state index contributed by atoms with van der Waals surface area (Å²) < 4.78 is 10.8. The SMILES string of the molecule is CCCCCCCCOC(=O)OC(CCCCC)c1ccccc1. The quantitative estimate of drug-likeness (QED) is 0.293. The maximum atomic E-state index is 12.0. The zero-order chi connectivity index (χ0) is 17.5. The Hall–Kier alpha value is -1.51. The van der Waals surface area contributed by atoms with Crippen molar-refractivity contribution >= 4 is 6.16 Å². The van der Waals surface area contributed by atoms with E-state index in [2.05, 4.69) is 13.8 Å². The maximum Gasteiger partial charge on any atom is 0.508 e. The molecule has 0 N–H and O–H groups in total. The highest BCUT2D eigenvalue weighted by atomic mass is 16.7. The van der Waals surface area contributed by atoms with E-state index in [-0.39, 0.29) is 6.10 Å². The van der Waals surface area contributed by atoms with E-state index >= 15 is 0 Å². The zero-order valence-corrected chi connectivity index (χ0v) is 15.5. The number of carbonyl (C=O) groups excluding carboxylic acids is 1. The van der Waals surface area contributed by atoms with E-state index in [0.717, 1.165) is 44.1 Å². The van der Waals surface area contributed by atoms with Gasteiger partial charge >= 0.3 is 6.16 Å². The Labute approximate surface area is 147 Å². The average molecular weight is 334 g/mol. The molecule has 0 spiro atoms. The molecule has 0 heterocycles. The Bertz CT molecular complexity index is 416. The van der Waals surface area contributed by atoms with Gasteiger partial charge in [-0.1, -0.05) is 89.1 Å². The highest BCUT2D eigenvalue weighted by molar-refractivity contribution is 5.60. The third-order valence-electron chi connectivity index (χ3n) is 4.20. The number of ether oxygens (including phenoxy) is 2. The van der Waals surface area contributed by atoms with Crippen molar-refractivity contribution in [1.82, 2.24) is 0 Å². The Morgan fingerprint density at radius 3 is 2.21 bits per heavy atom. The molecule has 0 aliphatic rings. The molecule has 0 fully saturated rings. The van der Waals surface area contributed by atoms with E-state index in [1.165, 1.54) is 25.7 Å². The summed E-state index contributed by atoms with van der Waals surface area (Å²) in [4.78, 5) is 12.0. The van der Waals surface area contributed by atoms with Crippen molar-refractivity contribution in [2.75, 3.05) is 6.61 Å². The number of carbonyl (C=O) groups is 1. The molecule has 3 nitrogen and oxygen atoms in total. The third-order valence-corrected chi connectivity index (χ3v) is 4.20. The Kier molecular flexibility index (Phi) is 11.9. The summed E-state index contributed by atoms with van der Waals surface area (Å²) in [6.07, 6.45) is 10.6. The molecule has 0 aliphatic heterocycles. The standard InChI is InChI=1S/C21H34O3/c1-3-5-7-8-9-14-18-23-21(22)24-20(17-11-6-4-2)19-15-12-10-13-16-19/h10,12-13,15-16,20H,3-9,11,14,17-18H2,1-2H3. The minimum atomic E-state index is -0.533. The summed E-state index contributed by atoms with van der Waals surface area (Å²) in [6, 6.07) is 9.96. The molecule has 1 atom stereocenters. The van der Waals surface area contributed by atoms with Crippen LogP contribution in [0.1, 0.15) is 89.7 Å². The second-order valence-electron chi connectivity index (χ2n) is 6.38. The Morgan fingerprint density at radius 1 is 0.875 bits per heavy atom. The minimum Gasteiger partial charge on any atom is -0.434 e. The maximum absolute atomic E-state index is 12.0. The molecule has 0 saturated heterocycles. The molecule has 1 aromatic rings. The van der Waals surface area contributed by atoms with Gasteiger partial charge in [0.2, 0.25) is 0 Å². The molecule has 0 amide bonds. The minimum absolute atomic E-state index is 0.199. The van der Waals surface area contributed by atoms with Gasteiger partial charge in [-0.25, -0.2) is 4.79 Å². The van der Waals surface area contributed by atoms with Gasteiger partial charge in [-0.3, -0.25) is 0 Å². The first-order valence-corrected chi connectivity index (χ1v) is 9.66. The summed E-state index contributed by atoms with van der Waals surface area (Å²) in [6.45, 7) is 4.84. The lowest BCUT2D eigenvalue weighted by molar-refractivity contribution is 0.0182. The van der Waals surface area contributed by atoms with Crippen molar-refractivity contribution in [3.05, 3.63) is 35.9 Å². The predicted octanol–water partition coefficient (Wildman–Crippen LogP) is 6.82. The molecule has 1 aromatic carbocycles. The second kappa shape index (κ2) is 13.9. The Morgan fingerprint density at radius 2 is 1.50 bits per heavy atom. The molecule has 1 rings (SSSR count). The summed E-state index contributed by atoms with van der Waals surface area (Å²) in [5, 5.41) is 0. The highest BCUT2D eigenvalue weighted by Gasteiger charge is 2.17. The van der Waals surface area contributed by atoms with E-state index in [0.29, 0.717) is 6.61 Å². The van der Waals surface area contributed by atoms with E-state index < -0.39 is 6.16 Å². The van der Waals surface area contributed by atoms with Crippen LogP contribution in [-0.2, 0) is 9.47 Å². The van der Waals surface area contributed by atoms with E-state index in [4.69, 9.17) is 9.47 Å². The number of hydrogen-bond acceptors (Lipinski definition) is 3. The van der Waals surface area contributed by atoms with E-state index in [1.54, 1.807) is 0 Å². The van der Waals surface area contributed by atoms with Crippen LogP contribution in [0.3, 0.4) is 0 Å². The van der Waals surface area contributed by atoms with Crippen LogP contribution in [0.15, 0.2) is 30.3 Å². The molecule has 0 saturated carbocycles. The van der Waals surface area contributed by atoms with Gasteiger partial charge in [-0.2, -0.15) is 0 Å². The largest absolute Gasteiger partial charge is 0.508 e. The molecule has 0 radical (unpaired) electrons. The van der Waals surface area contributed by atoms with Crippen molar-refractivity contribution in [2.45, 2.75) is 84.2 Å². The monoisotopic (exact) mass is 334 g/mol. The van der Waals surface area contributed by atoms with E-state index in [9.17, 15) is 4.79 Å². The molecular weight excluding hydrogens is 300 g/mol. The fourth-order valence-electron chi connectivity index (χ4n) is 2.73. The van der Waals surface area contributed by atoms with Crippen LogP contribution in [0.4, 0.5) is 4.79 Å². The van der Waals surface area contributed by atoms with Gasteiger partial charge in [-0.15, -0.1) is 0 Å². The molecule has 0 aliphatic carbocycles. The van der Waals surface area contributed by atoms with Crippen molar-refractivity contribution < 1.29 is 14.3 Å². The lowest BCUT2D eigenvalue weighted by Gasteiger charge is -2.18. The third kappa shape index (κ3) is 9.59. The molecule has 3 heteroatoms. The van der Waals surface area contributed by atoms with E-state index in [1.807, 2.05) is 30.3 Å². The summed E-state index contributed by atoms with van der Waals surface area (Å²) in [7, 11) is 0. The fraction of sp³-hybridized carbons (Fsp3) is 0.667. The lowest BCUT2D eigenvalue weighted by atomic mass is 10.0. The van der Waals surface area contributed by atoms with Crippen LogP contribution in [0.25, 0.3) is 0 Å². The summed E-state index contributed by atoms with van der Waals surface area (Å²) >= 11 is 0. The van der Waals surface area contributed by atoms with Gasteiger partial charge in [0.1, 0.15) is 6.10 Å². The van der Waals surface area contributed by atoms with Gasteiger partial charge in [0, 0.05) is 0 Å². The van der Waals surface area contributed by atoms with Crippen LogP contribution in [0, 0.1) is 0 Å². The van der Waals surface area contributed by atoms with Crippen LogP contribution < -0.4 is 0 Å². The van der Waals surface area contributed by atoms with Crippen LogP contribution >= 0.6 is 0 Å². The normalized spacial score (nSPS) is 11.9. The lowest BCUT2D eigenvalue weighted by Crippen LogP contribution is -2.14. The summed E-state index contributed by atoms with van der Waals surface area (Å²) in [5.41, 5.74) is 1.05. The van der Waals surface area contributed by atoms with Crippen LogP contribution in [-0.4, -0.2) is 12.8 Å². The van der Waals surface area contributed by atoms with Crippen molar-refractivity contribution in [3.63, 3.8) is 0 Å². The van der Waals surface area contributed by atoms with Crippen molar-refractivity contribution in [2.24, 2.45) is 0 Å². The Balaban J connectivity index is 2.30. The number of unbranched alkanes of at least 4 members (excludes halogenated alkanes) is 7. The zero-order valence-electron chi connectivity index (χ0n) is 15.5. The highest BCUT2D eigenvalue weighted by Crippen LogP contribution is 2.24. The average Bonchev–Trinajstić information content (AvgIpc) is 2.61. The van der Waals surface area contributed by atoms with Gasteiger partial charge < -0.3 is 9.47 Å². The number of benzene rings is 1. The van der Waals surface area contributed by atoms with Gasteiger partial charge in [0.25, 0.3) is 0 Å². The topological polar surface area (TPSA) is 35.5 Å². The fourth-order valence-corrected chi connectivity index (χ4v) is 2.73. The van der Waals surface area contributed by atoms with Gasteiger partial charge in [0.05, 0.1) is 6.61 Å². The molecule has 0 bridgehead atoms. The number of rotatable bonds is 13. The summed E-state index contributed by atoms with van der Waals surface area (Å²) in [5.74, 6) is 0. The van der Waals surface area contributed by atoms with Gasteiger partial charge in [0.15, 0.2) is 0 Å².